The van der Waals surface area contributed by atoms with Gasteiger partial charge >= 0.3 is 6.18 Å². The van der Waals surface area contributed by atoms with Crippen molar-refractivity contribution in [2.45, 2.75) is 45.1 Å². The quantitative estimate of drug-likeness (QED) is 0.173. The van der Waals surface area contributed by atoms with Crippen LogP contribution in [-0.4, -0.2) is 44.0 Å². The van der Waals surface area contributed by atoms with E-state index in [0.29, 0.717) is 24.4 Å². The smallest absolute Gasteiger partial charge is 0.361 e. The van der Waals surface area contributed by atoms with Gasteiger partial charge in [-0.3, -0.25) is 0 Å². The standard InChI is InChI=1S/C22H24ClF3N6OSi/c1-34(2,3)9-8-33-14-31-13-18(22(24,25)26)29-19(31)16-6-4-15(5-7-16)12-32-20-17(11-28-32)10-27-21(23)30-20/h4-7,10-11,13H,8-9,12,14H2,1-3H3. The minimum absolute atomic E-state index is 0.00435. The fourth-order valence-electron chi connectivity index (χ4n) is 3.32. The maximum atomic E-state index is 13.3. The molecule has 3 aromatic heterocycles. The van der Waals surface area contributed by atoms with Gasteiger partial charge < -0.3 is 9.30 Å². The van der Waals surface area contributed by atoms with Crippen LogP contribution in [0.25, 0.3) is 22.4 Å². The van der Waals surface area contributed by atoms with Crippen LogP contribution in [0.3, 0.4) is 0 Å². The van der Waals surface area contributed by atoms with Crippen LogP contribution in [0.5, 0.6) is 0 Å². The molecule has 7 nitrogen and oxygen atoms in total. The Morgan fingerprint density at radius 3 is 2.47 bits per heavy atom. The summed E-state index contributed by atoms with van der Waals surface area (Å²) in [5, 5.41) is 5.21. The van der Waals surface area contributed by atoms with Crippen molar-refractivity contribution in [3.63, 3.8) is 0 Å². The van der Waals surface area contributed by atoms with Crippen LogP contribution in [0.15, 0.2) is 42.9 Å². The van der Waals surface area contributed by atoms with Crippen LogP contribution in [0.2, 0.25) is 31.0 Å². The molecule has 0 aliphatic heterocycles. The van der Waals surface area contributed by atoms with Gasteiger partial charge in [0.25, 0.3) is 0 Å². The summed E-state index contributed by atoms with van der Waals surface area (Å²) in [7, 11) is -1.30. The van der Waals surface area contributed by atoms with E-state index in [0.717, 1.165) is 23.2 Å². The van der Waals surface area contributed by atoms with Crippen molar-refractivity contribution in [1.82, 2.24) is 29.3 Å². The Morgan fingerprint density at radius 1 is 1.06 bits per heavy atom. The number of benzene rings is 1. The highest BCUT2D eigenvalue weighted by Crippen LogP contribution is 2.31. The molecule has 0 aliphatic carbocycles. The lowest BCUT2D eigenvalue weighted by molar-refractivity contribution is -0.141. The molecule has 0 N–H and O–H groups in total. The van der Waals surface area contributed by atoms with E-state index in [9.17, 15) is 13.2 Å². The molecule has 0 amide bonds. The highest BCUT2D eigenvalue weighted by molar-refractivity contribution is 6.76. The third-order valence-electron chi connectivity index (χ3n) is 5.19. The largest absolute Gasteiger partial charge is 0.434 e. The molecule has 0 saturated heterocycles. The van der Waals surface area contributed by atoms with Gasteiger partial charge in [0, 0.05) is 32.6 Å². The molecule has 0 atom stereocenters. The number of hydrogen-bond donors (Lipinski definition) is 0. The number of fused-ring (bicyclic) bond motifs is 1. The van der Waals surface area contributed by atoms with Crippen LogP contribution in [0, 0.1) is 0 Å². The number of imidazole rings is 1. The Balaban J connectivity index is 1.54. The molecule has 0 spiro atoms. The van der Waals surface area contributed by atoms with Gasteiger partial charge in [-0.15, -0.1) is 0 Å². The molecule has 4 aromatic rings. The molecule has 0 fully saturated rings. The third kappa shape index (κ3) is 5.83. The minimum atomic E-state index is -4.54. The molecule has 4 rings (SSSR count). The summed E-state index contributed by atoms with van der Waals surface area (Å²) in [5.41, 5.74) is 1.11. The van der Waals surface area contributed by atoms with Crippen molar-refractivity contribution >= 4 is 30.7 Å². The molecule has 0 saturated carbocycles. The molecule has 0 aliphatic rings. The average molecular weight is 509 g/mol. The van der Waals surface area contributed by atoms with E-state index in [2.05, 4.69) is 39.7 Å². The van der Waals surface area contributed by atoms with Crippen molar-refractivity contribution in [2.75, 3.05) is 6.61 Å². The van der Waals surface area contributed by atoms with Crippen LogP contribution in [0.4, 0.5) is 13.2 Å². The lowest BCUT2D eigenvalue weighted by Crippen LogP contribution is -2.22. The number of hydrogen-bond acceptors (Lipinski definition) is 5. The number of halogens is 4. The summed E-state index contributed by atoms with van der Waals surface area (Å²) >= 11 is 5.89. The SMILES string of the molecule is C[Si](C)(C)CCOCn1cc(C(F)(F)F)nc1-c1ccc(Cn2ncc3cnc(Cl)nc32)cc1. The first-order valence-electron chi connectivity index (χ1n) is 10.7. The van der Waals surface area contributed by atoms with Gasteiger partial charge in [0.15, 0.2) is 11.3 Å². The molecule has 180 valence electrons. The molecule has 3 heterocycles. The van der Waals surface area contributed by atoms with Crippen molar-refractivity contribution < 1.29 is 17.9 Å². The summed E-state index contributed by atoms with van der Waals surface area (Å²) in [5.74, 6) is 0.205. The van der Waals surface area contributed by atoms with Gasteiger partial charge in [0.05, 0.1) is 18.1 Å². The molecule has 0 unspecified atom stereocenters. The number of nitrogens with zero attached hydrogens (tertiary/aromatic N) is 6. The zero-order chi connectivity index (χ0) is 24.5. The van der Waals surface area contributed by atoms with Gasteiger partial charge in [-0.1, -0.05) is 43.9 Å². The second-order valence-electron chi connectivity index (χ2n) is 9.18. The van der Waals surface area contributed by atoms with Crippen molar-refractivity contribution in [2.24, 2.45) is 0 Å². The predicted molar refractivity (Wildman–Crippen MR) is 126 cm³/mol. The Labute approximate surface area is 200 Å². The Bertz CT molecular complexity index is 1280. The molecular formula is C22H24ClF3N6OSi. The zero-order valence-electron chi connectivity index (χ0n) is 19.0. The summed E-state index contributed by atoms with van der Waals surface area (Å²) in [6.45, 7) is 7.57. The molecule has 1 aromatic carbocycles. The van der Waals surface area contributed by atoms with Crippen LogP contribution >= 0.6 is 11.6 Å². The molecule has 0 radical (unpaired) electrons. The van der Waals surface area contributed by atoms with E-state index in [1.165, 1.54) is 4.57 Å². The van der Waals surface area contributed by atoms with Crippen LogP contribution < -0.4 is 0 Å². The first-order valence-corrected chi connectivity index (χ1v) is 14.7. The Kier molecular flexibility index (Phi) is 6.79. The highest BCUT2D eigenvalue weighted by atomic mass is 35.5. The first kappa shape index (κ1) is 24.4. The Morgan fingerprint density at radius 2 is 1.79 bits per heavy atom. The van der Waals surface area contributed by atoms with Crippen LogP contribution in [0.1, 0.15) is 11.3 Å². The third-order valence-corrected chi connectivity index (χ3v) is 7.07. The van der Waals surface area contributed by atoms with E-state index >= 15 is 0 Å². The Hall–Kier alpha value is -2.76. The van der Waals surface area contributed by atoms with Gasteiger partial charge in [-0.05, 0) is 23.2 Å². The van der Waals surface area contributed by atoms with Gasteiger partial charge in [-0.25, -0.2) is 14.6 Å². The van der Waals surface area contributed by atoms with E-state index in [4.69, 9.17) is 16.3 Å². The summed E-state index contributed by atoms with van der Waals surface area (Å²) in [6, 6.07) is 8.05. The maximum absolute atomic E-state index is 13.3. The average Bonchev–Trinajstić information content (AvgIpc) is 3.36. The summed E-state index contributed by atoms with van der Waals surface area (Å²) < 4.78 is 48.8. The number of ether oxygens (including phenoxy) is 1. The number of rotatable bonds is 8. The maximum Gasteiger partial charge on any atom is 0.434 e. The van der Waals surface area contributed by atoms with E-state index < -0.39 is 19.9 Å². The van der Waals surface area contributed by atoms with Crippen molar-refractivity contribution in [3.05, 3.63) is 59.4 Å². The summed E-state index contributed by atoms with van der Waals surface area (Å²) in [4.78, 5) is 12.0. The fourth-order valence-corrected chi connectivity index (χ4v) is 4.20. The summed E-state index contributed by atoms with van der Waals surface area (Å²) in [6.07, 6.45) is -0.293. The predicted octanol–water partition coefficient (Wildman–Crippen LogP) is 5.72. The van der Waals surface area contributed by atoms with Gasteiger partial charge in [-0.2, -0.15) is 23.3 Å². The molecule has 0 bridgehead atoms. The van der Waals surface area contributed by atoms with Crippen molar-refractivity contribution in [1.29, 1.82) is 0 Å². The molecular weight excluding hydrogens is 485 g/mol. The lowest BCUT2D eigenvalue weighted by atomic mass is 10.1. The van der Waals surface area contributed by atoms with E-state index in [1.54, 1.807) is 29.2 Å². The normalized spacial score (nSPS) is 12.6. The number of aromatic nitrogens is 6. The second-order valence-corrected chi connectivity index (χ2v) is 15.1. The fraction of sp³-hybridized carbons (Fsp3) is 0.364. The van der Waals surface area contributed by atoms with Gasteiger partial charge in [0.2, 0.25) is 5.28 Å². The zero-order valence-corrected chi connectivity index (χ0v) is 20.7. The van der Waals surface area contributed by atoms with Crippen LogP contribution in [-0.2, 0) is 24.2 Å². The topological polar surface area (TPSA) is 70.7 Å². The number of alkyl halides is 3. The van der Waals surface area contributed by atoms with E-state index in [-0.39, 0.29) is 17.8 Å². The molecule has 34 heavy (non-hydrogen) atoms. The highest BCUT2D eigenvalue weighted by Gasteiger charge is 2.35. The first-order chi connectivity index (χ1) is 16.0. The minimum Gasteiger partial charge on any atom is -0.361 e. The van der Waals surface area contributed by atoms with Gasteiger partial charge in [0.1, 0.15) is 12.6 Å². The van der Waals surface area contributed by atoms with Crippen molar-refractivity contribution in [3.8, 4) is 11.4 Å². The lowest BCUT2D eigenvalue weighted by Gasteiger charge is -2.16. The van der Waals surface area contributed by atoms with E-state index in [1.807, 2.05) is 12.1 Å². The monoisotopic (exact) mass is 508 g/mol. The second kappa shape index (κ2) is 9.47. The molecule has 12 heteroatoms.